The fourth-order valence-electron chi connectivity index (χ4n) is 2.10. The summed E-state index contributed by atoms with van der Waals surface area (Å²) < 4.78 is 0. The first-order valence-electron chi connectivity index (χ1n) is 6.63. The molecular formula is C13H28N2. The first-order valence-corrected chi connectivity index (χ1v) is 6.63. The molecule has 1 aliphatic rings. The maximum atomic E-state index is 2.62. The third-order valence-corrected chi connectivity index (χ3v) is 3.71. The van der Waals surface area contributed by atoms with E-state index in [0.717, 1.165) is 5.92 Å². The predicted molar refractivity (Wildman–Crippen MR) is 67.2 cm³/mol. The molecule has 0 radical (unpaired) electrons. The lowest BCUT2D eigenvalue weighted by atomic mass is 10.0. The van der Waals surface area contributed by atoms with Crippen molar-refractivity contribution in [1.29, 1.82) is 0 Å². The summed E-state index contributed by atoms with van der Waals surface area (Å²) in [4.78, 5) is 5.05. The zero-order valence-electron chi connectivity index (χ0n) is 10.8. The Bertz CT molecular complexity index is 151. The molecule has 2 heteroatoms. The van der Waals surface area contributed by atoms with Crippen molar-refractivity contribution in [1.82, 2.24) is 9.80 Å². The SMILES string of the molecule is CCC(C)CCCCN1CCN(C)CC1. The van der Waals surface area contributed by atoms with Crippen LogP contribution in [0.4, 0.5) is 0 Å². The molecule has 15 heavy (non-hydrogen) atoms. The van der Waals surface area contributed by atoms with Gasteiger partial charge in [0.15, 0.2) is 0 Å². The van der Waals surface area contributed by atoms with E-state index in [2.05, 4.69) is 30.7 Å². The summed E-state index contributed by atoms with van der Waals surface area (Å²) in [6, 6.07) is 0. The van der Waals surface area contributed by atoms with Gasteiger partial charge in [-0.1, -0.05) is 33.1 Å². The molecule has 90 valence electrons. The van der Waals surface area contributed by atoms with Crippen molar-refractivity contribution < 1.29 is 0 Å². The standard InChI is InChI=1S/C13H28N2/c1-4-13(2)7-5-6-8-15-11-9-14(3)10-12-15/h13H,4-12H2,1-3H3. The number of unbranched alkanes of at least 4 members (excludes halogenated alkanes) is 1. The lowest BCUT2D eigenvalue weighted by Crippen LogP contribution is -2.44. The number of hydrogen-bond donors (Lipinski definition) is 0. The minimum absolute atomic E-state index is 0.928. The van der Waals surface area contributed by atoms with Crippen LogP contribution >= 0.6 is 0 Å². The van der Waals surface area contributed by atoms with Crippen LogP contribution in [0.25, 0.3) is 0 Å². The quantitative estimate of drug-likeness (QED) is 0.624. The summed E-state index contributed by atoms with van der Waals surface area (Å²) in [5.74, 6) is 0.928. The Morgan fingerprint density at radius 1 is 1.07 bits per heavy atom. The van der Waals surface area contributed by atoms with Crippen LogP contribution in [0.1, 0.15) is 39.5 Å². The second kappa shape index (κ2) is 7.24. The molecule has 0 bridgehead atoms. The van der Waals surface area contributed by atoms with E-state index in [-0.39, 0.29) is 0 Å². The molecule has 1 heterocycles. The number of likely N-dealkylation sites (N-methyl/N-ethyl adjacent to an activating group) is 1. The van der Waals surface area contributed by atoms with E-state index in [1.54, 1.807) is 0 Å². The van der Waals surface area contributed by atoms with Crippen molar-refractivity contribution in [2.45, 2.75) is 39.5 Å². The van der Waals surface area contributed by atoms with Crippen LogP contribution in [0, 0.1) is 5.92 Å². The van der Waals surface area contributed by atoms with Crippen molar-refractivity contribution in [3.8, 4) is 0 Å². The molecule has 0 aromatic rings. The Labute approximate surface area is 95.6 Å². The summed E-state index contributed by atoms with van der Waals surface area (Å²) >= 11 is 0. The fourth-order valence-corrected chi connectivity index (χ4v) is 2.10. The highest BCUT2D eigenvalue weighted by molar-refractivity contribution is 4.69. The molecule has 1 atom stereocenters. The van der Waals surface area contributed by atoms with Gasteiger partial charge in [-0.15, -0.1) is 0 Å². The van der Waals surface area contributed by atoms with E-state index in [4.69, 9.17) is 0 Å². The molecular weight excluding hydrogens is 184 g/mol. The largest absolute Gasteiger partial charge is 0.304 e. The molecule has 1 aliphatic heterocycles. The van der Waals surface area contributed by atoms with Gasteiger partial charge in [0.25, 0.3) is 0 Å². The van der Waals surface area contributed by atoms with Crippen molar-refractivity contribution in [3.05, 3.63) is 0 Å². The zero-order valence-corrected chi connectivity index (χ0v) is 10.8. The molecule has 1 unspecified atom stereocenters. The molecule has 0 aromatic heterocycles. The molecule has 1 saturated heterocycles. The minimum Gasteiger partial charge on any atom is -0.304 e. The average Bonchev–Trinajstić information content (AvgIpc) is 2.26. The summed E-state index contributed by atoms with van der Waals surface area (Å²) in [5, 5.41) is 0. The molecule has 0 spiro atoms. The topological polar surface area (TPSA) is 6.48 Å². The second-order valence-corrected chi connectivity index (χ2v) is 5.15. The smallest absolute Gasteiger partial charge is 0.0110 e. The maximum absolute atomic E-state index is 2.62. The van der Waals surface area contributed by atoms with Crippen molar-refractivity contribution >= 4 is 0 Å². The third-order valence-electron chi connectivity index (χ3n) is 3.71. The van der Waals surface area contributed by atoms with E-state index in [0.29, 0.717) is 0 Å². The first kappa shape index (κ1) is 13.0. The number of piperazine rings is 1. The lowest BCUT2D eigenvalue weighted by Gasteiger charge is -2.32. The summed E-state index contributed by atoms with van der Waals surface area (Å²) in [6.07, 6.45) is 5.58. The van der Waals surface area contributed by atoms with E-state index in [1.165, 1.54) is 58.4 Å². The third kappa shape index (κ3) is 5.53. The molecule has 1 fully saturated rings. The van der Waals surface area contributed by atoms with Gasteiger partial charge in [-0.2, -0.15) is 0 Å². The van der Waals surface area contributed by atoms with Crippen LogP contribution in [0.5, 0.6) is 0 Å². The highest BCUT2D eigenvalue weighted by atomic mass is 15.2. The molecule has 0 amide bonds. The lowest BCUT2D eigenvalue weighted by molar-refractivity contribution is 0.151. The van der Waals surface area contributed by atoms with Crippen LogP contribution < -0.4 is 0 Å². The van der Waals surface area contributed by atoms with Gasteiger partial charge in [0, 0.05) is 26.2 Å². The second-order valence-electron chi connectivity index (χ2n) is 5.15. The monoisotopic (exact) mass is 212 g/mol. The van der Waals surface area contributed by atoms with Crippen LogP contribution in [0.15, 0.2) is 0 Å². The average molecular weight is 212 g/mol. The Morgan fingerprint density at radius 3 is 2.33 bits per heavy atom. The normalized spacial score (nSPS) is 21.8. The number of hydrogen-bond acceptors (Lipinski definition) is 2. The van der Waals surface area contributed by atoms with E-state index in [9.17, 15) is 0 Å². The van der Waals surface area contributed by atoms with Gasteiger partial charge in [0.05, 0.1) is 0 Å². The molecule has 1 rings (SSSR count). The van der Waals surface area contributed by atoms with Crippen LogP contribution in [-0.4, -0.2) is 49.6 Å². The first-order chi connectivity index (χ1) is 7.22. The van der Waals surface area contributed by atoms with Crippen molar-refractivity contribution in [3.63, 3.8) is 0 Å². The number of rotatable bonds is 6. The Kier molecular flexibility index (Phi) is 6.26. The van der Waals surface area contributed by atoms with Gasteiger partial charge in [-0.05, 0) is 25.9 Å². The molecule has 0 aromatic carbocycles. The highest BCUT2D eigenvalue weighted by Gasteiger charge is 2.12. The van der Waals surface area contributed by atoms with Crippen molar-refractivity contribution in [2.24, 2.45) is 5.92 Å². The Hall–Kier alpha value is -0.0800. The van der Waals surface area contributed by atoms with Crippen LogP contribution in [0.3, 0.4) is 0 Å². The van der Waals surface area contributed by atoms with Crippen LogP contribution in [0.2, 0.25) is 0 Å². The summed E-state index contributed by atoms with van der Waals surface area (Å²) in [6.45, 7) is 11.1. The van der Waals surface area contributed by atoms with Gasteiger partial charge in [-0.25, -0.2) is 0 Å². The minimum atomic E-state index is 0.928. The molecule has 0 aliphatic carbocycles. The summed E-state index contributed by atoms with van der Waals surface area (Å²) in [7, 11) is 2.22. The zero-order chi connectivity index (χ0) is 11.1. The van der Waals surface area contributed by atoms with Gasteiger partial charge < -0.3 is 9.80 Å². The summed E-state index contributed by atoms with van der Waals surface area (Å²) in [5.41, 5.74) is 0. The maximum Gasteiger partial charge on any atom is 0.0110 e. The van der Waals surface area contributed by atoms with E-state index < -0.39 is 0 Å². The Morgan fingerprint density at radius 2 is 1.73 bits per heavy atom. The fraction of sp³-hybridized carbons (Fsp3) is 1.00. The van der Waals surface area contributed by atoms with E-state index >= 15 is 0 Å². The van der Waals surface area contributed by atoms with Gasteiger partial charge >= 0.3 is 0 Å². The molecule has 2 nitrogen and oxygen atoms in total. The number of nitrogens with zero attached hydrogens (tertiary/aromatic N) is 2. The van der Waals surface area contributed by atoms with E-state index in [1.807, 2.05) is 0 Å². The Balaban J connectivity index is 1.96. The van der Waals surface area contributed by atoms with Crippen LogP contribution in [-0.2, 0) is 0 Å². The van der Waals surface area contributed by atoms with Crippen molar-refractivity contribution in [2.75, 3.05) is 39.8 Å². The van der Waals surface area contributed by atoms with Gasteiger partial charge in [-0.3, -0.25) is 0 Å². The molecule has 0 saturated carbocycles. The van der Waals surface area contributed by atoms with Gasteiger partial charge in [0.1, 0.15) is 0 Å². The van der Waals surface area contributed by atoms with Gasteiger partial charge in [0.2, 0.25) is 0 Å². The predicted octanol–water partition coefficient (Wildman–Crippen LogP) is 2.45. The highest BCUT2D eigenvalue weighted by Crippen LogP contribution is 2.11. The molecule has 0 N–H and O–H groups in total.